The van der Waals surface area contributed by atoms with Gasteiger partial charge in [0.25, 0.3) is 0 Å². The number of hydrogen-bond donors (Lipinski definition) is 0. The molecule has 0 aromatic carbocycles. The van der Waals surface area contributed by atoms with E-state index >= 15 is 0 Å². The molecule has 23 valence electrons. The van der Waals surface area contributed by atoms with Crippen LogP contribution in [0.4, 0.5) is 0 Å². The van der Waals surface area contributed by atoms with E-state index in [0.29, 0.717) is 0 Å². The summed E-state index contributed by atoms with van der Waals surface area (Å²) in [6, 6.07) is 0. The molecule has 1 radical (unpaired) electrons. The molecule has 3 heteroatoms. The van der Waals surface area contributed by atoms with E-state index < -0.39 is 0 Å². The normalized spacial score (nSPS) is 0.400. The van der Waals surface area contributed by atoms with Gasteiger partial charge in [0.15, 0.2) is 0 Å². The van der Waals surface area contributed by atoms with E-state index in [1.54, 1.807) is 0 Å². The molecule has 0 aromatic rings. The van der Waals surface area contributed by atoms with Crippen LogP contribution in [-0.2, 0) is 22.5 Å². The van der Waals surface area contributed by atoms with Gasteiger partial charge in [-0.3, -0.25) is 0 Å². The van der Waals surface area contributed by atoms with Crippen LogP contribution in [0, 0.1) is 12.8 Å². The standard InChI is InChI=1S/C2H2.Li.Mn.O/c1-2;;;/h1-2H;;;/q;+1;+2;-2. The van der Waals surface area contributed by atoms with Crippen LogP contribution < -0.4 is 18.9 Å². The maximum atomic E-state index is 4.00. The fourth-order valence-electron chi connectivity index (χ4n) is 0. The maximum absolute atomic E-state index is 4.00. The quantitative estimate of drug-likeness (QED) is 0.233. The first-order valence-corrected chi connectivity index (χ1v) is 0.333. The molecule has 0 atom stereocenters. The Morgan fingerprint density at radius 2 is 1.00 bits per heavy atom. The van der Waals surface area contributed by atoms with Crippen LogP contribution in [0.3, 0.4) is 0 Å². The van der Waals surface area contributed by atoms with Crippen molar-refractivity contribution in [1.82, 2.24) is 0 Å². The van der Waals surface area contributed by atoms with Crippen LogP contribution in [0.15, 0.2) is 0 Å². The Labute approximate surface area is 54.5 Å². The van der Waals surface area contributed by atoms with Gasteiger partial charge in [-0.15, -0.1) is 12.8 Å². The Balaban J connectivity index is -0.00000000167. The summed E-state index contributed by atoms with van der Waals surface area (Å²) < 4.78 is 0. The van der Waals surface area contributed by atoms with Crippen molar-refractivity contribution in [1.29, 1.82) is 0 Å². The van der Waals surface area contributed by atoms with Crippen molar-refractivity contribution in [2.24, 2.45) is 0 Å². The van der Waals surface area contributed by atoms with E-state index in [1.165, 1.54) is 0 Å². The van der Waals surface area contributed by atoms with Crippen LogP contribution in [0.25, 0.3) is 0 Å². The van der Waals surface area contributed by atoms with Crippen LogP contribution in [-0.4, -0.2) is 0 Å². The summed E-state index contributed by atoms with van der Waals surface area (Å²) in [5, 5.41) is 0. The van der Waals surface area contributed by atoms with Crippen LogP contribution in [0.2, 0.25) is 0 Å². The summed E-state index contributed by atoms with van der Waals surface area (Å²) in [5.41, 5.74) is 0. The molecule has 0 aliphatic heterocycles. The number of hydrogen-bond acceptors (Lipinski definition) is 0. The Morgan fingerprint density at radius 1 is 1.00 bits per heavy atom. The average molecular weight is 104 g/mol. The first-order valence-electron chi connectivity index (χ1n) is 0.333. The second-order valence-electron chi connectivity index (χ2n) is 0. The van der Waals surface area contributed by atoms with Crippen molar-refractivity contribution in [3.05, 3.63) is 0 Å². The minimum atomic E-state index is 0. The van der Waals surface area contributed by atoms with Crippen LogP contribution in [0.1, 0.15) is 0 Å². The third kappa shape index (κ3) is 79.5. The van der Waals surface area contributed by atoms with Gasteiger partial charge in [0.1, 0.15) is 0 Å². The molecule has 0 saturated heterocycles. The fourth-order valence-corrected chi connectivity index (χ4v) is 0. The predicted molar refractivity (Wildman–Crippen MR) is 10.6 cm³/mol. The van der Waals surface area contributed by atoms with E-state index in [9.17, 15) is 0 Å². The summed E-state index contributed by atoms with van der Waals surface area (Å²) in [6.07, 6.45) is 8.00. The maximum Gasteiger partial charge on any atom is 2.00 e. The van der Waals surface area contributed by atoms with Gasteiger partial charge in [-0.25, -0.2) is 0 Å². The topological polar surface area (TPSA) is 28.5 Å². The molecular weight excluding hydrogens is 102 g/mol. The summed E-state index contributed by atoms with van der Waals surface area (Å²) in [7, 11) is 0. The summed E-state index contributed by atoms with van der Waals surface area (Å²) in [4.78, 5) is 0. The summed E-state index contributed by atoms with van der Waals surface area (Å²) in [5.74, 6) is 0. The molecular formula is C2H2LiMnO+. The minimum Gasteiger partial charge on any atom is -2.00 e. The smallest absolute Gasteiger partial charge is 2.00 e. The number of terminal acetylenes is 1. The first kappa shape index (κ1) is 45.2. The van der Waals surface area contributed by atoms with Crippen LogP contribution in [0.5, 0.6) is 0 Å². The zero-order chi connectivity index (χ0) is 2.00. The fraction of sp³-hybridized carbons (Fsp3) is 0. The molecule has 0 heterocycles. The minimum absolute atomic E-state index is 0. The third-order valence-electron chi connectivity index (χ3n) is 0. The molecule has 0 bridgehead atoms. The Bertz CT molecular complexity index is 14.4. The van der Waals surface area contributed by atoms with E-state index in [2.05, 4.69) is 12.8 Å². The predicted octanol–water partition coefficient (Wildman–Crippen LogP) is -2.87. The van der Waals surface area contributed by atoms with Gasteiger partial charge in [-0.05, 0) is 0 Å². The Kier molecular flexibility index (Phi) is 1370. The molecule has 0 saturated carbocycles. The Morgan fingerprint density at radius 3 is 1.00 bits per heavy atom. The van der Waals surface area contributed by atoms with Gasteiger partial charge >= 0.3 is 35.9 Å². The zero-order valence-electron chi connectivity index (χ0n) is 2.94. The molecule has 0 amide bonds. The largest absolute Gasteiger partial charge is 2.00 e. The van der Waals surface area contributed by atoms with Gasteiger partial charge in [0.2, 0.25) is 0 Å². The molecule has 0 aliphatic carbocycles. The van der Waals surface area contributed by atoms with Gasteiger partial charge in [0.05, 0.1) is 0 Å². The van der Waals surface area contributed by atoms with E-state index in [-0.39, 0.29) is 41.4 Å². The van der Waals surface area contributed by atoms with Gasteiger partial charge in [0, 0.05) is 0 Å². The molecule has 0 aromatic heterocycles. The summed E-state index contributed by atoms with van der Waals surface area (Å²) >= 11 is 0. The zero-order valence-corrected chi connectivity index (χ0v) is 4.12. The van der Waals surface area contributed by atoms with E-state index in [0.717, 1.165) is 0 Å². The summed E-state index contributed by atoms with van der Waals surface area (Å²) in [6.45, 7) is 0. The van der Waals surface area contributed by atoms with Gasteiger partial charge in [-0.1, -0.05) is 0 Å². The van der Waals surface area contributed by atoms with E-state index in [4.69, 9.17) is 0 Å². The van der Waals surface area contributed by atoms with Crippen molar-refractivity contribution in [2.45, 2.75) is 0 Å². The SMILES string of the molecule is C#C.[Li+].[Mn+2].[O-2]. The van der Waals surface area contributed by atoms with Crippen LogP contribution >= 0.6 is 0 Å². The van der Waals surface area contributed by atoms with Crippen molar-refractivity contribution in [3.8, 4) is 12.8 Å². The average Bonchev–Trinajstić information content (AvgIpc) is 1.00. The molecule has 0 spiro atoms. The second kappa shape index (κ2) is 151. The molecule has 0 rings (SSSR count). The van der Waals surface area contributed by atoms with Crippen molar-refractivity contribution >= 4 is 0 Å². The molecule has 5 heavy (non-hydrogen) atoms. The van der Waals surface area contributed by atoms with Crippen molar-refractivity contribution in [2.75, 3.05) is 0 Å². The van der Waals surface area contributed by atoms with Crippen molar-refractivity contribution in [3.63, 3.8) is 0 Å². The Hall–Kier alpha value is 0.637. The second-order valence-corrected chi connectivity index (χ2v) is 0. The van der Waals surface area contributed by atoms with Crippen molar-refractivity contribution < 1.29 is 41.4 Å². The first-order chi connectivity index (χ1) is 1.00. The third-order valence-corrected chi connectivity index (χ3v) is 0. The molecule has 0 unspecified atom stereocenters. The van der Waals surface area contributed by atoms with Gasteiger partial charge in [-0.2, -0.15) is 0 Å². The van der Waals surface area contributed by atoms with E-state index in [1.807, 2.05) is 0 Å². The molecule has 1 nitrogen and oxygen atoms in total. The molecule has 0 aliphatic rings. The molecule has 0 N–H and O–H groups in total. The number of rotatable bonds is 0. The molecule has 0 fully saturated rings. The monoisotopic (exact) mass is 104 g/mol. The van der Waals surface area contributed by atoms with Gasteiger partial charge < -0.3 is 5.48 Å².